The number of hydrogen-bond donors (Lipinski definition) is 1. The van der Waals surface area contributed by atoms with Crippen LogP contribution in [-0.2, 0) is 19.4 Å². The molecule has 0 bridgehead atoms. The molecule has 0 fully saturated rings. The number of rotatable bonds is 4. The molecule has 0 aliphatic rings. The van der Waals surface area contributed by atoms with E-state index in [1.165, 1.54) is 11.1 Å². The van der Waals surface area contributed by atoms with Crippen LogP contribution in [0, 0.1) is 0 Å². The van der Waals surface area contributed by atoms with Crippen LogP contribution in [0.2, 0.25) is 0 Å². The van der Waals surface area contributed by atoms with Gasteiger partial charge < -0.3 is 5.11 Å². The van der Waals surface area contributed by atoms with Crippen molar-refractivity contribution in [3.05, 3.63) is 69.7 Å². The van der Waals surface area contributed by atoms with E-state index < -0.39 is 0 Å². The molecule has 88 valence electrons. The summed E-state index contributed by atoms with van der Waals surface area (Å²) in [6.45, 7) is 0.122. The average molecular weight is 291 g/mol. The Balaban J connectivity index is 2.04. The quantitative estimate of drug-likeness (QED) is 0.910. The number of hydrogen-bond acceptors (Lipinski definition) is 1. The fourth-order valence-electron chi connectivity index (χ4n) is 1.89. The monoisotopic (exact) mass is 290 g/mol. The molecule has 2 rings (SSSR count). The number of benzene rings is 2. The van der Waals surface area contributed by atoms with Gasteiger partial charge in [0, 0.05) is 4.47 Å². The maximum absolute atomic E-state index is 9.25. The van der Waals surface area contributed by atoms with Crippen LogP contribution in [0.1, 0.15) is 16.7 Å². The number of aliphatic hydroxyl groups excluding tert-OH is 1. The number of halogens is 1. The van der Waals surface area contributed by atoms with E-state index in [0.29, 0.717) is 0 Å². The SMILES string of the molecule is OCc1ccccc1CCc1ccc(Br)cc1. The second-order valence-electron chi connectivity index (χ2n) is 4.05. The summed E-state index contributed by atoms with van der Waals surface area (Å²) in [4.78, 5) is 0. The molecule has 0 saturated carbocycles. The van der Waals surface area contributed by atoms with E-state index in [1.54, 1.807) is 0 Å². The summed E-state index contributed by atoms with van der Waals surface area (Å²) in [6, 6.07) is 16.4. The van der Waals surface area contributed by atoms with Gasteiger partial charge in [-0.3, -0.25) is 0 Å². The summed E-state index contributed by atoms with van der Waals surface area (Å²) < 4.78 is 1.11. The Morgan fingerprint density at radius 2 is 1.47 bits per heavy atom. The van der Waals surface area contributed by atoms with Crippen LogP contribution in [0.15, 0.2) is 53.0 Å². The Labute approximate surface area is 110 Å². The summed E-state index contributed by atoms with van der Waals surface area (Å²) in [7, 11) is 0. The average Bonchev–Trinajstić information content (AvgIpc) is 2.38. The molecule has 0 radical (unpaired) electrons. The molecule has 2 heteroatoms. The molecular formula is C15H15BrO. The summed E-state index contributed by atoms with van der Waals surface area (Å²) in [5.74, 6) is 0. The standard InChI is InChI=1S/C15H15BrO/c16-15-9-6-12(7-10-15)5-8-13-3-1-2-4-14(13)11-17/h1-4,6-7,9-10,17H,5,8,11H2. The van der Waals surface area contributed by atoms with Crippen molar-refractivity contribution >= 4 is 15.9 Å². The third-order valence-corrected chi connectivity index (χ3v) is 3.41. The van der Waals surface area contributed by atoms with Crippen LogP contribution in [0.4, 0.5) is 0 Å². The minimum Gasteiger partial charge on any atom is -0.392 e. The minimum atomic E-state index is 0.122. The predicted molar refractivity (Wildman–Crippen MR) is 73.9 cm³/mol. The van der Waals surface area contributed by atoms with Crippen LogP contribution in [0.3, 0.4) is 0 Å². The van der Waals surface area contributed by atoms with Gasteiger partial charge in [0.05, 0.1) is 6.61 Å². The molecule has 0 spiro atoms. The molecule has 0 saturated heterocycles. The molecule has 2 aromatic rings. The molecule has 0 atom stereocenters. The summed E-state index contributed by atoms with van der Waals surface area (Å²) >= 11 is 3.43. The van der Waals surface area contributed by atoms with Gasteiger partial charge in [-0.15, -0.1) is 0 Å². The highest BCUT2D eigenvalue weighted by Gasteiger charge is 2.01. The molecule has 2 aromatic carbocycles. The van der Waals surface area contributed by atoms with Crippen LogP contribution in [0.25, 0.3) is 0 Å². The molecule has 1 N–H and O–H groups in total. The Kier molecular flexibility index (Phi) is 4.35. The van der Waals surface area contributed by atoms with Crippen LogP contribution in [0.5, 0.6) is 0 Å². The van der Waals surface area contributed by atoms with Crippen molar-refractivity contribution in [2.24, 2.45) is 0 Å². The highest BCUT2D eigenvalue weighted by Crippen LogP contribution is 2.15. The third kappa shape index (κ3) is 3.42. The van der Waals surface area contributed by atoms with Crippen LogP contribution in [-0.4, -0.2) is 5.11 Å². The highest BCUT2D eigenvalue weighted by atomic mass is 79.9. The summed E-state index contributed by atoms with van der Waals surface area (Å²) in [5.41, 5.74) is 3.59. The Morgan fingerprint density at radius 1 is 0.824 bits per heavy atom. The van der Waals surface area contributed by atoms with E-state index in [1.807, 2.05) is 18.2 Å². The fraction of sp³-hybridized carbons (Fsp3) is 0.200. The topological polar surface area (TPSA) is 20.2 Å². The molecule has 0 amide bonds. The number of aryl methyl sites for hydroxylation is 2. The lowest BCUT2D eigenvalue weighted by molar-refractivity contribution is 0.280. The zero-order valence-electron chi connectivity index (χ0n) is 9.57. The van der Waals surface area contributed by atoms with Crippen molar-refractivity contribution in [3.8, 4) is 0 Å². The van der Waals surface area contributed by atoms with E-state index in [0.717, 1.165) is 22.9 Å². The van der Waals surface area contributed by atoms with Crippen molar-refractivity contribution in [3.63, 3.8) is 0 Å². The zero-order chi connectivity index (χ0) is 12.1. The third-order valence-electron chi connectivity index (χ3n) is 2.89. The van der Waals surface area contributed by atoms with Gasteiger partial charge in [0.2, 0.25) is 0 Å². The maximum atomic E-state index is 9.25. The van der Waals surface area contributed by atoms with E-state index >= 15 is 0 Å². The second-order valence-corrected chi connectivity index (χ2v) is 4.97. The Bertz CT molecular complexity index is 477. The van der Waals surface area contributed by atoms with Gasteiger partial charge in [-0.2, -0.15) is 0 Å². The van der Waals surface area contributed by atoms with E-state index in [2.05, 4.69) is 46.3 Å². The fourth-order valence-corrected chi connectivity index (χ4v) is 2.15. The van der Waals surface area contributed by atoms with Gasteiger partial charge in [-0.05, 0) is 41.7 Å². The molecule has 0 heterocycles. The van der Waals surface area contributed by atoms with Gasteiger partial charge in [-0.1, -0.05) is 52.3 Å². The second kappa shape index (κ2) is 5.99. The first-order valence-corrected chi connectivity index (χ1v) is 6.51. The predicted octanol–water partition coefficient (Wildman–Crippen LogP) is 3.73. The summed E-state index contributed by atoms with van der Waals surface area (Å²) in [6.07, 6.45) is 1.97. The number of aliphatic hydroxyl groups is 1. The lowest BCUT2D eigenvalue weighted by Gasteiger charge is -2.07. The molecule has 17 heavy (non-hydrogen) atoms. The first kappa shape index (κ1) is 12.3. The molecule has 0 aliphatic carbocycles. The Morgan fingerprint density at radius 3 is 2.12 bits per heavy atom. The minimum absolute atomic E-state index is 0.122. The summed E-state index contributed by atoms with van der Waals surface area (Å²) in [5, 5.41) is 9.25. The van der Waals surface area contributed by atoms with E-state index in [-0.39, 0.29) is 6.61 Å². The van der Waals surface area contributed by atoms with Crippen molar-refractivity contribution in [1.82, 2.24) is 0 Å². The van der Waals surface area contributed by atoms with Crippen molar-refractivity contribution < 1.29 is 5.11 Å². The zero-order valence-corrected chi connectivity index (χ0v) is 11.2. The van der Waals surface area contributed by atoms with Gasteiger partial charge in [0.25, 0.3) is 0 Å². The van der Waals surface area contributed by atoms with E-state index in [9.17, 15) is 5.11 Å². The van der Waals surface area contributed by atoms with Crippen molar-refractivity contribution in [1.29, 1.82) is 0 Å². The lowest BCUT2D eigenvalue weighted by Crippen LogP contribution is -1.96. The first-order chi connectivity index (χ1) is 8.29. The highest BCUT2D eigenvalue weighted by molar-refractivity contribution is 9.10. The molecule has 1 nitrogen and oxygen atoms in total. The normalized spacial score (nSPS) is 10.5. The van der Waals surface area contributed by atoms with Crippen molar-refractivity contribution in [2.75, 3.05) is 0 Å². The molecule has 0 aliphatic heterocycles. The van der Waals surface area contributed by atoms with E-state index in [4.69, 9.17) is 0 Å². The van der Waals surface area contributed by atoms with Crippen LogP contribution < -0.4 is 0 Å². The largest absolute Gasteiger partial charge is 0.392 e. The van der Waals surface area contributed by atoms with Gasteiger partial charge in [0.15, 0.2) is 0 Å². The first-order valence-electron chi connectivity index (χ1n) is 5.71. The molecule has 0 aromatic heterocycles. The Hall–Kier alpha value is -1.12. The van der Waals surface area contributed by atoms with Crippen molar-refractivity contribution in [2.45, 2.75) is 19.4 Å². The lowest BCUT2D eigenvalue weighted by atomic mass is 10.0. The maximum Gasteiger partial charge on any atom is 0.0684 e. The smallest absolute Gasteiger partial charge is 0.0684 e. The molecular weight excluding hydrogens is 276 g/mol. The van der Waals surface area contributed by atoms with Crippen LogP contribution >= 0.6 is 15.9 Å². The van der Waals surface area contributed by atoms with Gasteiger partial charge in [0.1, 0.15) is 0 Å². The molecule has 0 unspecified atom stereocenters. The van der Waals surface area contributed by atoms with Gasteiger partial charge in [-0.25, -0.2) is 0 Å². The van der Waals surface area contributed by atoms with Gasteiger partial charge >= 0.3 is 0 Å².